The number of hydrogen-bond donors (Lipinski definition) is 0. The highest BCUT2D eigenvalue weighted by molar-refractivity contribution is 7.91. The average molecular weight is 394 g/mol. The van der Waals surface area contributed by atoms with Crippen LogP contribution in [0.1, 0.15) is 25.3 Å². The molecule has 0 aliphatic carbocycles. The predicted molar refractivity (Wildman–Crippen MR) is 96.7 cm³/mol. The lowest BCUT2D eigenvalue weighted by molar-refractivity contribution is -0.154. The summed E-state index contributed by atoms with van der Waals surface area (Å²) >= 11 is 0. The van der Waals surface area contributed by atoms with Crippen LogP contribution in [0.5, 0.6) is 5.75 Å². The Morgan fingerprint density at radius 3 is 2.52 bits per heavy atom. The Hall–Kier alpha value is -2.60. The second-order valence-electron chi connectivity index (χ2n) is 6.23. The fourth-order valence-electron chi connectivity index (χ4n) is 2.81. The third-order valence-electron chi connectivity index (χ3n) is 4.13. The number of sulfone groups is 1. The number of nitriles is 1. The minimum Gasteiger partial charge on any atom is -0.482 e. The summed E-state index contributed by atoms with van der Waals surface area (Å²) in [6.07, 6.45) is 1.09. The number of hydrogen-bond acceptors (Lipinski definition) is 7. The van der Waals surface area contributed by atoms with Gasteiger partial charge in [0.25, 0.3) is 5.91 Å². The van der Waals surface area contributed by atoms with Crippen molar-refractivity contribution in [2.24, 2.45) is 0 Å². The van der Waals surface area contributed by atoms with E-state index in [0.717, 1.165) is 0 Å². The van der Waals surface area contributed by atoms with E-state index in [1.165, 1.54) is 4.90 Å². The molecule has 1 fully saturated rings. The van der Waals surface area contributed by atoms with Gasteiger partial charge in [-0.2, -0.15) is 5.26 Å². The Labute approximate surface area is 158 Å². The van der Waals surface area contributed by atoms with Crippen molar-refractivity contribution >= 4 is 21.7 Å². The van der Waals surface area contributed by atoms with E-state index in [2.05, 4.69) is 0 Å². The predicted octanol–water partition coefficient (Wildman–Crippen LogP) is 0.906. The van der Waals surface area contributed by atoms with Gasteiger partial charge >= 0.3 is 5.97 Å². The molecule has 0 bridgehead atoms. The SMILES string of the molecule is CCCN(C(=O)COC(=O)COc1ccc(C#N)cc1)C1CCS(=O)(=O)C1. The fraction of sp³-hybridized carbons (Fsp3) is 0.500. The quantitative estimate of drug-likeness (QED) is 0.602. The van der Waals surface area contributed by atoms with E-state index in [1.54, 1.807) is 24.3 Å². The molecule has 2 rings (SSSR count). The Morgan fingerprint density at radius 1 is 1.26 bits per heavy atom. The van der Waals surface area contributed by atoms with Crippen LogP contribution in [0.3, 0.4) is 0 Å². The molecule has 1 aromatic carbocycles. The minimum absolute atomic E-state index is 0.0471. The van der Waals surface area contributed by atoms with Crippen molar-refractivity contribution in [3.05, 3.63) is 29.8 Å². The van der Waals surface area contributed by atoms with E-state index in [1.807, 2.05) is 13.0 Å². The zero-order chi connectivity index (χ0) is 19.9. The first-order chi connectivity index (χ1) is 12.8. The highest BCUT2D eigenvalue weighted by Gasteiger charge is 2.34. The standard InChI is InChI=1S/C18H22N2O6S/c1-2-8-20(15-7-9-27(23,24)13-15)17(21)11-26-18(22)12-25-16-5-3-14(10-19)4-6-16/h3-6,15H,2,7-9,11-13H2,1H3. The van der Waals surface area contributed by atoms with Crippen molar-refractivity contribution in [2.75, 3.05) is 31.3 Å². The lowest BCUT2D eigenvalue weighted by Crippen LogP contribution is -2.44. The summed E-state index contributed by atoms with van der Waals surface area (Å²) in [5.74, 6) is -0.687. The maximum Gasteiger partial charge on any atom is 0.344 e. The zero-order valence-corrected chi connectivity index (χ0v) is 15.9. The van der Waals surface area contributed by atoms with Gasteiger partial charge in [-0.15, -0.1) is 0 Å². The van der Waals surface area contributed by atoms with Crippen molar-refractivity contribution in [3.8, 4) is 11.8 Å². The summed E-state index contributed by atoms with van der Waals surface area (Å²) in [5.41, 5.74) is 0.473. The largest absolute Gasteiger partial charge is 0.482 e. The maximum absolute atomic E-state index is 12.4. The molecule has 8 nitrogen and oxygen atoms in total. The van der Waals surface area contributed by atoms with Crippen LogP contribution in [-0.2, 0) is 24.2 Å². The molecule has 27 heavy (non-hydrogen) atoms. The molecule has 1 aliphatic heterocycles. The molecule has 0 spiro atoms. The molecule has 9 heteroatoms. The Bertz CT molecular complexity index is 813. The topological polar surface area (TPSA) is 114 Å². The molecule has 1 aromatic rings. The lowest BCUT2D eigenvalue weighted by atomic mass is 10.2. The Kier molecular flexibility index (Phi) is 7.19. The van der Waals surface area contributed by atoms with Crippen LogP contribution >= 0.6 is 0 Å². The normalized spacial score (nSPS) is 17.7. The molecule has 0 aromatic heterocycles. The van der Waals surface area contributed by atoms with Gasteiger partial charge in [0.1, 0.15) is 5.75 Å². The first-order valence-electron chi connectivity index (χ1n) is 8.63. The number of benzene rings is 1. The van der Waals surface area contributed by atoms with Crippen LogP contribution in [0.2, 0.25) is 0 Å². The first kappa shape index (κ1) is 20.7. The van der Waals surface area contributed by atoms with Gasteiger partial charge in [-0.05, 0) is 37.1 Å². The smallest absolute Gasteiger partial charge is 0.344 e. The van der Waals surface area contributed by atoms with Gasteiger partial charge in [0.2, 0.25) is 0 Å². The maximum atomic E-state index is 12.4. The fourth-order valence-corrected chi connectivity index (χ4v) is 4.54. The van der Waals surface area contributed by atoms with Gasteiger partial charge < -0.3 is 14.4 Å². The van der Waals surface area contributed by atoms with Crippen LogP contribution in [0.25, 0.3) is 0 Å². The van der Waals surface area contributed by atoms with E-state index >= 15 is 0 Å². The highest BCUT2D eigenvalue weighted by atomic mass is 32.2. The summed E-state index contributed by atoms with van der Waals surface area (Å²) in [6, 6.07) is 7.84. The monoisotopic (exact) mass is 394 g/mol. The molecule has 1 heterocycles. The van der Waals surface area contributed by atoms with Crippen molar-refractivity contribution in [3.63, 3.8) is 0 Å². The van der Waals surface area contributed by atoms with Gasteiger partial charge in [-0.25, -0.2) is 13.2 Å². The second kappa shape index (κ2) is 9.37. The van der Waals surface area contributed by atoms with E-state index in [0.29, 0.717) is 30.7 Å². The van der Waals surface area contributed by atoms with Gasteiger partial charge in [-0.1, -0.05) is 6.92 Å². The van der Waals surface area contributed by atoms with E-state index in [-0.39, 0.29) is 24.2 Å². The number of rotatable bonds is 8. The summed E-state index contributed by atoms with van der Waals surface area (Å²) < 4.78 is 33.5. The summed E-state index contributed by atoms with van der Waals surface area (Å²) in [6.45, 7) is 1.48. The molecule has 0 N–H and O–H groups in total. The van der Waals surface area contributed by atoms with Gasteiger partial charge in [0, 0.05) is 12.6 Å². The number of amides is 1. The van der Waals surface area contributed by atoms with Crippen molar-refractivity contribution in [1.82, 2.24) is 4.90 Å². The van der Waals surface area contributed by atoms with E-state index < -0.39 is 28.3 Å². The van der Waals surface area contributed by atoms with Crippen LogP contribution in [-0.4, -0.2) is 62.5 Å². The molecule has 1 aliphatic rings. The van der Waals surface area contributed by atoms with Gasteiger partial charge in [0.05, 0.1) is 23.1 Å². The van der Waals surface area contributed by atoms with E-state index in [4.69, 9.17) is 14.7 Å². The van der Waals surface area contributed by atoms with Gasteiger partial charge in [0.15, 0.2) is 23.1 Å². The number of carbonyl (C=O) groups excluding carboxylic acids is 2. The third kappa shape index (κ3) is 6.25. The molecular formula is C18H22N2O6S. The third-order valence-corrected chi connectivity index (χ3v) is 5.88. The molecular weight excluding hydrogens is 372 g/mol. The molecule has 1 unspecified atom stereocenters. The molecule has 1 atom stereocenters. The van der Waals surface area contributed by atoms with Crippen LogP contribution in [0.15, 0.2) is 24.3 Å². The van der Waals surface area contributed by atoms with Crippen molar-refractivity contribution in [1.29, 1.82) is 5.26 Å². The van der Waals surface area contributed by atoms with Crippen molar-refractivity contribution < 1.29 is 27.5 Å². The Balaban J connectivity index is 1.81. The summed E-state index contributed by atoms with van der Waals surface area (Å²) in [5, 5.41) is 8.72. The number of ether oxygens (including phenoxy) is 2. The average Bonchev–Trinajstić information content (AvgIpc) is 3.02. The number of nitrogens with zero attached hydrogens (tertiary/aromatic N) is 2. The summed E-state index contributed by atoms with van der Waals surface area (Å²) in [4.78, 5) is 25.6. The van der Waals surface area contributed by atoms with Gasteiger partial charge in [-0.3, -0.25) is 4.79 Å². The molecule has 1 amide bonds. The molecule has 1 saturated heterocycles. The second-order valence-corrected chi connectivity index (χ2v) is 8.46. The molecule has 0 saturated carbocycles. The van der Waals surface area contributed by atoms with Crippen LogP contribution < -0.4 is 4.74 Å². The van der Waals surface area contributed by atoms with Crippen molar-refractivity contribution in [2.45, 2.75) is 25.8 Å². The van der Waals surface area contributed by atoms with E-state index in [9.17, 15) is 18.0 Å². The summed E-state index contributed by atoms with van der Waals surface area (Å²) in [7, 11) is -3.11. The highest BCUT2D eigenvalue weighted by Crippen LogP contribution is 2.18. The van der Waals surface area contributed by atoms with Crippen LogP contribution in [0, 0.1) is 11.3 Å². The number of carbonyl (C=O) groups is 2. The molecule has 0 radical (unpaired) electrons. The molecule has 146 valence electrons. The lowest BCUT2D eigenvalue weighted by Gasteiger charge is -2.27. The number of esters is 1. The zero-order valence-electron chi connectivity index (χ0n) is 15.1. The minimum atomic E-state index is -3.11. The van der Waals surface area contributed by atoms with Crippen LogP contribution in [0.4, 0.5) is 0 Å². The Morgan fingerprint density at radius 2 is 1.96 bits per heavy atom. The first-order valence-corrected chi connectivity index (χ1v) is 10.4.